The van der Waals surface area contributed by atoms with Crippen molar-refractivity contribution < 1.29 is 14.0 Å². The third-order valence-corrected chi connectivity index (χ3v) is 5.63. The van der Waals surface area contributed by atoms with Gasteiger partial charge >= 0.3 is 0 Å². The van der Waals surface area contributed by atoms with Gasteiger partial charge in [0.15, 0.2) is 0 Å². The summed E-state index contributed by atoms with van der Waals surface area (Å²) in [6.45, 7) is 1.96. The number of hydrogen-bond acceptors (Lipinski definition) is 4. The van der Waals surface area contributed by atoms with E-state index in [4.69, 9.17) is 4.42 Å². The molecule has 1 atom stereocenters. The van der Waals surface area contributed by atoms with Gasteiger partial charge in [-0.2, -0.15) is 11.3 Å². The molecule has 0 aromatic carbocycles. The molecular weight excluding hydrogens is 312 g/mol. The monoisotopic (exact) mass is 330 g/mol. The number of amides is 2. The maximum absolute atomic E-state index is 13.0. The van der Waals surface area contributed by atoms with E-state index in [-0.39, 0.29) is 11.8 Å². The lowest BCUT2D eigenvalue weighted by Crippen LogP contribution is -2.49. The van der Waals surface area contributed by atoms with E-state index in [1.165, 1.54) is 12.5 Å². The zero-order valence-electron chi connectivity index (χ0n) is 12.7. The minimum absolute atomic E-state index is 0.0420. The fourth-order valence-electron chi connectivity index (χ4n) is 3.73. The van der Waals surface area contributed by atoms with Crippen LogP contribution in [0.4, 0.5) is 5.69 Å². The highest BCUT2D eigenvalue weighted by molar-refractivity contribution is 7.08. The minimum atomic E-state index is -0.417. The van der Waals surface area contributed by atoms with Crippen molar-refractivity contribution in [1.29, 1.82) is 0 Å². The van der Waals surface area contributed by atoms with E-state index in [0.29, 0.717) is 18.7 Å². The van der Waals surface area contributed by atoms with Gasteiger partial charge in [0.25, 0.3) is 5.91 Å². The second kappa shape index (κ2) is 5.53. The number of piperidine rings is 1. The van der Waals surface area contributed by atoms with Crippen LogP contribution in [-0.2, 0) is 4.79 Å². The smallest absolute Gasteiger partial charge is 0.257 e. The van der Waals surface area contributed by atoms with Gasteiger partial charge in [-0.3, -0.25) is 9.59 Å². The van der Waals surface area contributed by atoms with Crippen molar-refractivity contribution in [2.24, 2.45) is 5.41 Å². The molecule has 5 nitrogen and oxygen atoms in total. The molecule has 1 spiro atoms. The first kappa shape index (κ1) is 14.5. The van der Waals surface area contributed by atoms with Crippen molar-refractivity contribution in [2.75, 3.05) is 24.5 Å². The summed E-state index contributed by atoms with van der Waals surface area (Å²) >= 11 is 1.60. The Morgan fingerprint density at radius 3 is 2.91 bits per heavy atom. The quantitative estimate of drug-likeness (QED) is 0.850. The van der Waals surface area contributed by atoms with Crippen LogP contribution >= 0.6 is 11.3 Å². The highest BCUT2D eigenvalue weighted by Gasteiger charge is 2.50. The van der Waals surface area contributed by atoms with Gasteiger partial charge in [0.1, 0.15) is 6.26 Å². The predicted molar refractivity (Wildman–Crippen MR) is 87.6 cm³/mol. The summed E-state index contributed by atoms with van der Waals surface area (Å²) in [6.07, 6.45) is 5.52. The van der Waals surface area contributed by atoms with Crippen LogP contribution in [0.25, 0.3) is 0 Å². The summed E-state index contributed by atoms with van der Waals surface area (Å²) in [7, 11) is 0. The molecule has 23 heavy (non-hydrogen) atoms. The molecule has 0 unspecified atom stereocenters. The number of nitrogens with zero attached hydrogens (tertiary/aromatic N) is 2. The van der Waals surface area contributed by atoms with Gasteiger partial charge in [-0.15, -0.1) is 0 Å². The van der Waals surface area contributed by atoms with E-state index in [2.05, 4.69) is 0 Å². The molecule has 2 saturated heterocycles. The van der Waals surface area contributed by atoms with Crippen LogP contribution in [0.3, 0.4) is 0 Å². The molecular formula is C17H18N2O3S. The highest BCUT2D eigenvalue weighted by atomic mass is 32.1. The Kier molecular flexibility index (Phi) is 3.49. The fourth-order valence-corrected chi connectivity index (χ4v) is 4.37. The van der Waals surface area contributed by atoms with E-state index in [1.807, 2.05) is 26.6 Å². The average Bonchev–Trinajstić information content (AvgIpc) is 3.31. The van der Waals surface area contributed by atoms with Crippen LogP contribution in [0.2, 0.25) is 0 Å². The zero-order valence-corrected chi connectivity index (χ0v) is 13.6. The van der Waals surface area contributed by atoms with Gasteiger partial charge in [-0.05, 0) is 36.8 Å². The topological polar surface area (TPSA) is 53.8 Å². The number of carbonyl (C=O) groups excluding carboxylic acids is 2. The first-order valence-electron chi connectivity index (χ1n) is 7.85. The molecule has 6 heteroatoms. The summed E-state index contributed by atoms with van der Waals surface area (Å²) in [5.41, 5.74) is 1.12. The molecule has 4 heterocycles. The van der Waals surface area contributed by atoms with Gasteiger partial charge < -0.3 is 14.2 Å². The molecule has 120 valence electrons. The standard InChI is InChI=1S/C17H18N2O3S/c20-15(13-2-8-22-10-13)18-6-1-4-17(12-18)5-7-19(16(17)21)14-3-9-23-11-14/h2-3,8-11H,1,4-7,12H2/t17-/m0/s1. The lowest BCUT2D eigenvalue weighted by atomic mass is 9.78. The SMILES string of the molecule is O=C(c1ccoc1)N1CCC[C@]2(CCN(c3ccsc3)C2=O)C1. The largest absolute Gasteiger partial charge is 0.472 e. The van der Waals surface area contributed by atoms with Crippen molar-refractivity contribution in [3.8, 4) is 0 Å². The number of furan rings is 1. The van der Waals surface area contributed by atoms with Crippen LogP contribution in [-0.4, -0.2) is 36.3 Å². The zero-order chi connectivity index (χ0) is 15.9. The number of hydrogen-bond donors (Lipinski definition) is 0. The maximum atomic E-state index is 13.0. The van der Waals surface area contributed by atoms with Crippen molar-refractivity contribution in [2.45, 2.75) is 19.3 Å². The summed E-state index contributed by atoms with van der Waals surface area (Å²) in [4.78, 5) is 29.3. The van der Waals surface area contributed by atoms with E-state index in [0.717, 1.165) is 31.5 Å². The maximum Gasteiger partial charge on any atom is 0.257 e. The molecule has 2 aromatic heterocycles. The van der Waals surface area contributed by atoms with Crippen molar-refractivity contribution >= 4 is 28.8 Å². The Balaban J connectivity index is 1.55. The summed E-state index contributed by atoms with van der Waals surface area (Å²) in [6, 6.07) is 3.66. The Morgan fingerprint density at radius 1 is 1.26 bits per heavy atom. The highest BCUT2D eigenvalue weighted by Crippen LogP contribution is 2.42. The molecule has 0 bridgehead atoms. The molecule has 4 rings (SSSR count). The second-order valence-electron chi connectivity index (χ2n) is 6.31. The first-order valence-corrected chi connectivity index (χ1v) is 8.80. The van der Waals surface area contributed by atoms with E-state index in [1.54, 1.807) is 17.4 Å². The normalized spacial score (nSPS) is 24.6. The van der Waals surface area contributed by atoms with Crippen molar-refractivity contribution in [1.82, 2.24) is 4.90 Å². The Hall–Kier alpha value is -2.08. The van der Waals surface area contributed by atoms with Gasteiger partial charge in [0, 0.05) is 25.0 Å². The third-order valence-electron chi connectivity index (χ3n) is 4.96. The molecule has 0 radical (unpaired) electrons. The van der Waals surface area contributed by atoms with Crippen LogP contribution in [0, 0.1) is 5.41 Å². The summed E-state index contributed by atoms with van der Waals surface area (Å²) in [5.74, 6) is 0.125. The second-order valence-corrected chi connectivity index (χ2v) is 7.09. The summed E-state index contributed by atoms with van der Waals surface area (Å²) < 4.78 is 5.01. The molecule has 2 aliphatic rings. The van der Waals surface area contributed by atoms with Crippen LogP contribution in [0.1, 0.15) is 29.6 Å². The van der Waals surface area contributed by atoms with Crippen LogP contribution < -0.4 is 4.90 Å². The molecule has 0 saturated carbocycles. The Morgan fingerprint density at radius 2 is 2.17 bits per heavy atom. The van der Waals surface area contributed by atoms with Gasteiger partial charge in [0.2, 0.25) is 5.91 Å². The number of likely N-dealkylation sites (tertiary alicyclic amines) is 1. The molecule has 2 aromatic rings. The fraction of sp³-hybridized carbons (Fsp3) is 0.412. The molecule has 2 aliphatic heterocycles. The van der Waals surface area contributed by atoms with E-state index in [9.17, 15) is 9.59 Å². The van der Waals surface area contributed by atoms with Crippen molar-refractivity contribution in [3.63, 3.8) is 0 Å². The lowest BCUT2D eigenvalue weighted by Gasteiger charge is -2.38. The van der Waals surface area contributed by atoms with E-state index < -0.39 is 5.41 Å². The third kappa shape index (κ3) is 2.37. The average molecular weight is 330 g/mol. The van der Waals surface area contributed by atoms with Gasteiger partial charge in [-0.25, -0.2) is 0 Å². The molecule has 0 N–H and O–H groups in total. The Labute approximate surface area is 138 Å². The molecule has 2 amide bonds. The predicted octanol–water partition coefficient (Wildman–Crippen LogP) is 3.00. The van der Waals surface area contributed by atoms with Crippen molar-refractivity contribution in [3.05, 3.63) is 41.0 Å². The van der Waals surface area contributed by atoms with E-state index >= 15 is 0 Å². The number of rotatable bonds is 2. The lowest BCUT2D eigenvalue weighted by molar-refractivity contribution is -0.127. The number of carbonyl (C=O) groups is 2. The molecule has 0 aliphatic carbocycles. The van der Waals surface area contributed by atoms with Crippen LogP contribution in [0.5, 0.6) is 0 Å². The van der Waals surface area contributed by atoms with Gasteiger partial charge in [-0.1, -0.05) is 0 Å². The molecule has 2 fully saturated rings. The Bertz CT molecular complexity index is 710. The summed E-state index contributed by atoms with van der Waals surface area (Å²) in [5, 5.41) is 4.00. The first-order chi connectivity index (χ1) is 11.2. The van der Waals surface area contributed by atoms with Crippen LogP contribution in [0.15, 0.2) is 39.8 Å². The van der Waals surface area contributed by atoms with Gasteiger partial charge in [0.05, 0.1) is 22.9 Å². The number of thiophene rings is 1. The minimum Gasteiger partial charge on any atom is -0.472 e. The number of anilines is 1.